The van der Waals surface area contributed by atoms with Gasteiger partial charge in [0.1, 0.15) is 0 Å². The fourth-order valence-electron chi connectivity index (χ4n) is 2.19. The summed E-state index contributed by atoms with van der Waals surface area (Å²) in [4.78, 5) is 0. The van der Waals surface area contributed by atoms with Gasteiger partial charge in [0.2, 0.25) is 0 Å². The van der Waals surface area contributed by atoms with Gasteiger partial charge in [0.05, 0.1) is 16.3 Å². The molecule has 1 aliphatic heterocycles. The highest BCUT2D eigenvalue weighted by Crippen LogP contribution is 2.28. The fourth-order valence-corrected chi connectivity index (χ4v) is 2.36. The largest absolute Gasteiger partial charge is 0.380 e. The van der Waals surface area contributed by atoms with Crippen LogP contribution in [0.15, 0.2) is 18.2 Å². The van der Waals surface area contributed by atoms with Crippen molar-refractivity contribution in [3.8, 4) is 0 Å². The molecule has 0 saturated carbocycles. The average Bonchev–Trinajstić information content (AvgIpc) is 2.23. The molecule has 1 atom stereocenters. The Hall–Kier alpha value is -0.800. The molecule has 1 unspecified atom stereocenters. The van der Waals surface area contributed by atoms with Gasteiger partial charge in [-0.2, -0.15) is 0 Å². The number of hydrogen-bond donors (Lipinski definition) is 1. The number of nitrogens with one attached hydrogen (secondary N) is 1. The molecular formula is C13H17ClFNO. The van der Waals surface area contributed by atoms with Crippen LogP contribution in [-0.2, 0) is 4.74 Å². The monoisotopic (exact) mass is 257 g/mol. The summed E-state index contributed by atoms with van der Waals surface area (Å²) in [7, 11) is 0. The minimum atomic E-state index is -0.376. The second kappa shape index (κ2) is 4.83. The number of hydrogen-bond acceptors (Lipinski definition) is 2. The van der Waals surface area contributed by atoms with E-state index in [-0.39, 0.29) is 22.5 Å². The number of benzene rings is 1. The third kappa shape index (κ3) is 3.11. The smallest absolute Gasteiger partial charge is 0.164 e. The van der Waals surface area contributed by atoms with Crippen LogP contribution in [0.5, 0.6) is 0 Å². The second-order valence-electron chi connectivity index (χ2n) is 5.04. The third-order valence-corrected chi connectivity index (χ3v) is 3.30. The molecule has 4 heteroatoms. The van der Waals surface area contributed by atoms with Crippen LogP contribution in [-0.4, -0.2) is 18.2 Å². The molecule has 2 rings (SSSR count). The van der Waals surface area contributed by atoms with E-state index in [1.165, 1.54) is 0 Å². The normalized spacial score (nSPS) is 23.4. The molecule has 1 N–H and O–H groups in total. The van der Waals surface area contributed by atoms with Crippen molar-refractivity contribution in [2.24, 2.45) is 0 Å². The Balaban J connectivity index is 2.08. The molecule has 17 heavy (non-hydrogen) atoms. The Morgan fingerprint density at radius 1 is 1.47 bits per heavy atom. The van der Waals surface area contributed by atoms with E-state index in [2.05, 4.69) is 19.2 Å². The highest BCUT2D eigenvalue weighted by Gasteiger charge is 2.29. The first-order valence-electron chi connectivity index (χ1n) is 5.82. The summed E-state index contributed by atoms with van der Waals surface area (Å²) in [5.74, 6) is -0.376. The molecular weight excluding hydrogens is 241 g/mol. The molecule has 0 amide bonds. The molecule has 94 valence electrons. The molecule has 0 spiro atoms. The lowest BCUT2D eigenvalue weighted by Gasteiger charge is -2.36. The molecule has 1 heterocycles. The molecule has 0 bridgehead atoms. The molecule has 2 nitrogen and oxygen atoms in total. The number of rotatable bonds is 2. The predicted molar refractivity (Wildman–Crippen MR) is 68.1 cm³/mol. The van der Waals surface area contributed by atoms with Crippen LogP contribution in [0.4, 0.5) is 10.1 Å². The molecule has 0 aromatic heterocycles. The van der Waals surface area contributed by atoms with Crippen molar-refractivity contribution in [1.29, 1.82) is 0 Å². The van der Waals surface area contributed by atoms with Gasteiger partial charge in [0, 0.05) is 12.6 Å². The lowest BCUT2D eigenvalue weighted by Crippen LogP contribution is -2.40. The van der Waals surface area contributed by atoms with Gasteiger partial charge in [-0.3, -0.25) is 0 Å². The van der Waals surface area contributed by atoms with Gasteiger partial charge in [-0.1, -0.05) is 17.7 Å². The first kappa shape index (κ1) is 12.7. The zero-order chi connectivity index (χ0) is 12.5. The van der Waals surface area contributed by atoms with Gasteiger partial charge in [0.25, 0.3) is 0 Å². The summed E-state index contributed by atoms with van der Waals surface area (Å²) < 4.78 is 19.4. The lowest BCUT2D eigenvalue weighted by molar-refractivity contribution is -0.0553. The molecule has 1 fully saturated rings. The third-order valence-electron chi connectivity index (χ3n) is 3.01. The van der Waals surface area contributed by atoms with E-state index in [0.29, 0.717) is 12.3 Å². The van der Waals surface area contributed by atoms with E-state index in [9.17, 15) is 4.39 Å². The Morgan fingerprint density at radius 2 is 2.24 bits per heavy atom. The first-order valence-corrected chi connectivity index (χ1v) is 6.20. The molecule has 1 aliphatic rings. The Morgan fingerprint density at radius 3 is 2.94 bits per heavy atom. The minimum Gasteiger partial charge on any atom is -0.380 e. The van der Waals surface area contributed by atoms with E-state index in [1.807, 2.05) is 0 Å². The summed E-state index contributed by atoms with van der Waals surface area (Å²) in [5.41, 5.74) is 0.325. The van der Waals surface area contributed by atoms with Crippen molar-refractivity contribution in [1.82, 2.24) is 0 Å². The Bertz CT molecular complexity index is 408. The molecule has 1 saturated heterocycles. The molecule has 0 aliphatic carbocycles. The number of ether oxygens (including phenoxy) is 1. The van der Waals surface area contributed by atoms with Crippen LogP contribution < -0.4 is 5.32 Å². The summed E-state index contributed by atoms with van der Waals surface area (Å²) in [5, 5.41) is 3.36. The van der Waals surface area contributed by atoms with Crippen LogP contribution in [0.1, 0.15) is 26.7 Å². The van der Waals surface area contributed by atoms with Crippen LogP contribution in [0.3, 0.4) is 0 Å². The zero-order valence-electron chi connectivity index (χ0n) is 10.1. The zero-order valence-corrected chi connectivity index (χ0v) is 10.9. The maximum absolute atomic E-state index is 13.7. The van der Waals surface area contributed by atoms with Crippen LogP contribution in [0, 0.1) is 5.82 Å². The van der Waals surface area contributed by atoms with Crippen LogP contribution in [0.2, 0.25) is 5.02 Å². The summed E-state index contributed by atoms with van der Waals surface area (Å²) in [6.45, 7) is 4.80. The van der Waals surface area contributed by atoms with Gasteiger partial charge < -0.3 is 10.1 Å². The lowest BCUT2D eigenvalue weighted by atomic mass is 9.94. The van der Waals surface area contributed by atoms with E-state index in [1.54, 1.807) is 18.2 Å². The summed E-state index contributed by atoms with van der Waals surface area (Å²) >= 11 is 5.75. The highest BCUT2D eigenvalue weighted by atomic mass is 35.5. The quantitative estimate of drug-likeness (QED) is 0.869. The van der Waals surface area contributed by atoms with Crippen molar-refractivity contribution in [3.63, 3.8) is 0 Å². The van der Waals surface area contributed by atoms with Gasteiger partial charge in [-0.05, 0) is 38.8 Å². The second-order valence-corrected chi connectivity index (χ2v) is 5.45. The van der Waals surface area contributed by atoms with Crippen molar-refractivity contribution in [2.45, 2.75) is 38.3 Å². The average molecular weight is 258 g/mol. The molecule has 1 aromatic carbocycles. The SMILES string of the molecule is CC1(C)CC(Nc2cccc(Cl)c2F)CCO1. The topological polar surface area (TPSA) is 21.3 Å². The summed E-state index contributed by atoms with van der Waals surface area (Å²) in [6.07, 6.45) is 1.74. The highest BCUT2D eigenvalue weighted by molar-refractivity contribution is 6.31. The van der Waals surface area contributed by atoms with E-state index in [0.717, 1.165) is 12.8 Å². The van der Waals surface area contributed by atoms with Crippen molar-refractivity contribution in [3.05, 3.63) is 29.0 Å². The van der Waals surface area contributed by atoms with E-state index < -0.39 is 0 Å². The van der Waals surface area contributed by atoms with Gasteiger partial charge >= 0.3 is 0 Å². The van der Waals surface area contributed by atoms with Crippen molar-refractivity contribution in [2.75, 3.05) is 11.9 Å². The van der Waals surface area contributed by atoms with Crippen LogP contribution in [0.25, 0.3) is 0 Å². The van der Waals surface area contributed by atoms with Gasteiger partial charge in [-0.25, -0.2) is 4.39 Å². The van der Waals surface area contributed by atoms with E-state index in [4.69, 9.17) is 16.3 Å². The summed E-state index contributed by atoms with van der Waals surface area (Å²) in [6, 6.07) is 5.24. The van der Waals surface area contributed by atoms with Crippen molar-refractivity contribution < 1.29 is 9.13 Å². The standard InChI is InChI=1S/C13H17ClFNO/c1-13(2)8-9(6-7-17-13)16-11-5-3-4-10(14)12(11)15/h3-5,9,16H,6-8H2,1-2H3. The number of halogens is 2. The van der Waals surface area contributed by atoms with Gasteiger partial charge in [0.15, 0.2) is 5.82 Å². The van der Waals surface area contributed by atoms with Crippen LogP contribution >= 0.6 is 11.6 Å². The Labute approximate surface area is 106 Å². The van der Waals surface area contributed by atoms with Crippen molar-refractivity contribution >= 4 is 17.3 Å². The maximum Gasteiger partial charge on any atom is 0.164 e. The Kier molecular flexibility index (Phi) is 3.59. The maximum atomic E-state index is 13.7. The number of anilines is 1. The first-order chi connectivity index (χ1) is 7.98. The minimum absolute atomic E-state index is 0.148. The fraction of sp³-hybridized carbons (Fsp3) is 0.538. The molecule has 0 radical (unpaired) electrons. The van der Waals surface area contributed by atoms with E-state index >= 15 is 0 Å². The van der Waals surface area contributed by atoms with Gasteiger partial charge in [-0.15, -0.1) is 0 Å². The molecule has 1 aromatic rings. The predicted octanol–water partition coefficient (Wildman–Crippen LogP) is 3.85.